The van der Waals surface area contributed by atoms with Crippen LogP contribution in [0.3, 0.4) is 0 Å². The van der Waals surface area contributed by atoms with E-state index in [0.29, 0.717) is 0 Å². The molecule has 0 aliphatic rings. The van der Waals surface area contributed by atoms with Gasteiger partial charge in [-0.1, -0.05) is 30.3 Å². The predicted octanol–water partition coefficient (Wildman–Crippen LogP) is 3.96. The van der Waals surface area contributed by atoms with Crippen molar-refractivity contribution in [3.05, 3.63) is 42.5 Å². The third-order valence-electron chi connectivity index (χ3n) is 2.02. The van der Waals surface area contributed by atoms with Crippen LogP contribution in [0.1, 0.15) is 6.92 Å². The van der Waals surface area contributed by atoms with E-state index in [-0.39, 0.29) is 5.01 Å². The Morgan fingerprint density at radius 1 is 1.07 bits per heavy atom. The molecule has 72 valence electrons. The van der Waals surface area contributed by atoms with Gasteiger partial charge in [0.15, 0.2) is 5.01 Å². The van der Waals surface area contributed by atoms with Gasteiger partial charge in [0.25, 0.3) is 0 Å². The lowest BCUT2D eigenvalue weighted by Crippen LogP contribution is -2.01. The maximum Gasteiger partial charge on any atom is 0.150 e. The Hall–Kier alpha value is -1.02. The van der Waals surface area contributed by atoms with Crippen LogP contribution in [0.2, 0.25) is 0 Å². The van der Waals surface area contributed by atoms with Crippen LogP contribution in [0.15, 0.2) is 42.5 Å². The number of hydrogen-bond acceptors (Lipinski definition) is 1. The minimum atomic E-state index is 0.0451. The average molecular weight is 251 g/mol. The lowest BCUT2D eigenvalue weighted by atomic mass is 10.1. The Kier molecular flexibility index (Phi) is 2.73. The van der Waals surface area contributed by atoms with Crippen LogP contribution in [-0.4, -0.2) is 5.01 Å². The summed E-state index contributed by atoms with van der Waals surface area (Å²) in [5.41, 5.74) is 0. The number of alkyl halides is 1. The fourth-order valence-corrected chi connectivity index (χ4v) is 1.64. The summed E-state index contributed by atoms with van der Waals surface area (Å²) in [7, 11) is 0. The van der Waals surface area contributed by atoms with Gasteiger partial charge in [0, 0.05) is 0 Å². The molecule has 1 nitrogen and oxygen atoms in total. The van der Waals surface area contributed by atoms with Crippen molar-refractivity contribution < 1.29 is 4.74 Å². The van der Waals surface area contributed by atoms with Crippen molar-refractivity contribution in [3.8, 4) is 5.75 Å². The molecule has 0 heterocycles. The minimum absolute atomic E-state index is 0.0451. The van der Waals surface area contributed by atoms with Gasteiger partial charge in [-0.25, -0.2) is 0 Å². The quantitative estimate of drug-likeness (QED) is 0.734. The Morgan fingerprint density at radius 3 is 2.50 bits per heavy atom. The Bertz CT molecular complexity index is 437. The van der Waals surface area contributed by atoms with Crippen LogP contribution in [0.4, 0.5) is 0 Å². The molecule has 0 aliphatic carbocycles. The highest BCUT2D eigenvalue weighted by Crippen LogP contribution is 2.22. The number of benzene rings is 2. The first-order chi connectivity index (χ1) is 6.75. The molecule has 0 spiro atoms. The summed E-state index contributed by atoms with van der Waals surface area (Å²) >= 11 is 3.35. The zero-order valence-corrected chi connectivity index (χ0v) is 9.49. The van der Waals surface area contributed by atoms with Crippen molar-refractivity contribution >= 4 is 26.7 Å². The van der Waals surface area contributed by atoms with E-state index < -0.39 is 0 Å². The van der Waals surface area contributed by atoms with Gasteiger partial charge in [0.2, 0.25) is 0 Å². The fourth-order valence-electron chi connectivity index (χ4n) is 1.43. The zero-order chi connectivity index (χ0) is 9.97. The average Bonchev–Trinajstić information content (AvgIpc) is 2.17. The summed E-state index contributed by atoms with van der Waals surface area (Å²) in [6.45, 7) is 1.95. The van der Waals surface area contributed by atoms with E-state index in [0.717, 1.165) is 5.75 Å². The van der Waals surface area contributed by atoms with Gasteiger partial charge in [-0.15, -0.1) is 0 Å². The summed E-state index contributed by atoms with van der Waals surface area (Å²) in [6, 6.07) is 14.4. The first-order valence-electron chi connectivity index (χ1n) is 4.55. The molecule has 2 aromatic rings. The van der Waals surface area contributed by atoms with E-state index >= 15 is 0 Å². The summed E-state index contributed by atoms with van der Waals surface area (Å²) in [5.74, 6) is 0.896. The molecule has 0 saturated carbocycles. The normalized spacial score (nSPS) is 12.7. The number of rotatable bonds is 2. The molecular formula is C12H11BrO. The number of ether oxygens (including phenoxy) is 1. The summed E-state index contributed by atoms with van der Waals surface area (Å²) in [4.78, 5) is 0. The SMILES string of the molecule is CC(Br)Oc1ccc2ccccc2c1. The van der Waals surface area contributed by atoms with E-state index in [1.54, 1.807) is 0 Å². The van der Waals surface area contributed by atoms with Crippen LogP contribution in [0, 0.1) is 0 Å². The Balaban J connectivity index is 2.41. The van der Waals surface area contributed by atoms with Crippen molar-refractivity contribution in [3.63, 3.8) is 0 Å². The van der Waals surface area contributed by atoms with Crippen molar-refractivity contribution in [1.29, 1.82) is 0 Å². The monoisotopic (exact) mass is 250 g/mol. The molecule has 0 saturated heterocycles. The molecular weight excluding hydrogens is 240 g/mol. The second-order valence-electron chi connectivity index (χ2n) is 3.17. The molecule has 2 rings (SSSR count). The molecule has 1 unspecified atom stereocenters. The van der Waals surface area contributed by atoms with Gasteiger partial charge in [0.05, 0.1) is 0 Å². The first kappa shape index (κ1) is 9.53. The molecule has 0 fully saturated rings. The highest BCUT2D eigenvalue weighted by atomic mass is 79.9. The Morgan fingerprint density at radius 2 is 1.79 bits per heavy atom. The predicted molar refractivity (Wildman–Crippen MR) is 63.0 cm³/mol. The standard InChI is InChI=1S/C12H11BrO/c1-9(13)14-12-7-6-10-4-2-3-5-11(10)8-12/h2-9H,1H3. The molecule has 0 radical (unpaired) electrons. The van der Waals surface area contributed by atoms with Gasteiger partial charge in [-0.2, -0.15) is 0 Å². The molecule has 0 aliphatic heterocycles. The van der Waals surface area contributed by atoms with Crippen molar-refractivity contribution in [2.24, 2.45) is 0 Å². The lowest BCUT2D eigenvalue weighted by Gasteiger charge is -2.08. The summed E-state index contributed by atoms with van der Waals surface area (Å²) in [5, 5.41) is 2.49. The second-order valence-corrected chi connectivity index (χ2v) is 4.46. The molecule has 2 heteroatoms. The summed E-state index contributed by atoms with van der Waals surface area (Å²) < 4.78 is 5.54. The molecule has 1 atom stereocenters. The smallest absolute Gasteiger partial charge is 0.150 e. The van der Waals surface area contributed by atoms with E-state index in [1.807, 2.05) is 31.2 Å². The van der Waals surface area contributed by atoms with Crippen molar-refractivity contribution in [2.45, 2.75) is 11.9 Å². The second kappa shape index (κ2) is 4.01. The van der Waals surface area contributed by atoms with Gasteiger partial charge < -0.3 is 4.74 Å². The van der Waals surface area contributed by atoms with E-state index in [4.69, 9.17) is 4.74 Å². The fraction of sp³-hybridized carbons (Fsp3) is 0.167. The number of fused-ring (bicyclic) bond motifs is 1. The topological polar surface area (TPSA) is 9.23 Å². The molecule has 0 N–H and O–H groups in total. The highest BCUT2D eigenvalue weighted by Gasteiger charge is 1.99. The first-order valence-corrected chi connectivity index (χ1v) is 5.47. The van der Waals surface area contributed by atoms with Gasteiger partial charge in [0.1, 0.15) is 5.75 Å². The molecule has 0 amide bonds. The number of hydrogen-bond donors (Lipinski definition) is 0. The van der Waals surface area contributed by atoms with Crippen LogP contribution in [-0.2, 0) is 0 Å². The molecule has 14 heavy (non-hydrogen) atoms. The molecule has 0 aromatic heterocycles. The van der Waals surface area contributed by atoms with Crippen molar-refractivity contribution in [2.75, 3.05) is 0 Å². The third-order valence-corrected chi connectivity index (χ3v) is 2.21. The highest BCUT2D eigenvalue weighted by molar-refractivity contribution is 9.09. The minimum Gasteiger partial charge on any atom is -0.480 e. The Labute approximate surface area is 91.8 Å². The van der Waals surface area contributed by atoms with Crippen LogP contribution < -0.4 is 4.74 Å². The maximum absolute atomic E-state index is 5.54. The van der Waals surface area contributed by atoms with E-state index in [1.165, 1.54) is 10.8 Å². The van der Waals surface area contributed by atoms with Gasteiger partial charge in [-0.05, 0) is 45.8 Å². The maximum atomic E-state index is 5.54. The van der Waals surface area contributed by atoms with Gasteiger partial charge >= 0.3 is 0 Å². The van der Waals surface area contributed by atoms with Crippen LogP contribution in [0.5, 0.6) is 5.75 Å². The van der Waals surface area contributed by atoms with Crippen LogP contribution in [0.25, 0.3) is 10.8 Å². The van der Waals surface area contributed by atoms with E-state index in [9.17, 15) is 0 Å². The van der Waals surface area contributed by atoms with Gasteiger partial charge in [-0.3, -0.25) is 0 Å². The summed E-state index contributed by atoms with van der Waals surface area (Å²) in [6.07, 6.45) is 0. The molecule has 2 aromatic carbocycles. The van der Waals surface area contributed by atoms with Crippen molar-refractivity contribution in [1.82, 2.24) is 0 Å². The largest absolute Gasteiger partial charge is 0.480 e. The van der Waals surface area contributed by atoms with E-state index in [2.05, 4.69) is 34.1 Å². The van der Waals surface area contributed by atoms with Crippen LogP contribution >= 0.6 is 15.9 Å². The lowest BCUT2D eigenvalue weighted by molar-refractivity contribution is 0.314. The number of halogens is 1. The molecule has 0 bridgehead atoms. The third kappa shape index (κ3) is 2.07. The zero-order valence-electron chi connectivity index (χ0n) is 7.91.